The minimum absolute atomic E-state index is 0.174. The summed E-state index contributed by atoms with van der Waals surface area (Å²) in [6.07, 6.45) is 3.31. The summed E-state index contributed by atoms with van der Waals surface area (Å²) in [6.45, 7) is 6.60. The van der Waals surface area contributed by atoms with E-state index in [9.17, 15) is 0 Å². The molecule has 0 saturated carbocycles. The minimum atomic E-state index is 0.174. The van der Waals surface area contributed by atoms with E-state index in [1.165, 1.54) is 11.3 Å². The van der Waals surface area contributed by atoms with Gasteiger partial charge >= 0.3 is 0 Å². The maximum atomic E-state index is 4.99. The van der Waals surface area contributed by atoms with Crippen LogP contribution in [0, 0.1) is 3.95 Å². The van der Waals surface area contributed by atoms with Gasteiger partial charge in [0.2, 0.25) is 5.13 Å². The zero-order chi connectivity index (χ0) is 10.6. The molecule has 1 heterocycles. The van der Waals surface area contributed by atoms with Crippen molar-refractivity contribution >= 4 is 28.7 Å². The van der Waals surface area contributed by atoms with Crippen molar-refractivity contribution in [2.45, 2.75) is 45.6 Å². The SMILES string of the molecule is CCC(CC)(CC)Nc1n[nH]c(=S)s1. The maximum Gasteiger partial charge on any atom is 0.204 e. The molecule has 0 radical (unpaired) electrons. The van der Waals surface area contributed by atoms with Crippen LogP contribution in [0.4, 0.5) is 5.13 Å². The number of nitrogens with zero attached hydrogens (tertiary/aromatic N) is 1. The molecule has 1 aromatic rings. The van der Waals surface area contributed by atoms with Gasteiger partial charge in [-0.25, -0.2) is 0 Å². The number of nitrogens with one attached hydrogen (secondary N) is 2. The van der Waals surface area contributed by atoms with E-state index in [1.807, 2.05) is 0 Å². The molecular weight excluding hydrogens is 214 g/mol. The molecule has 0 aliphatic carbocycles. The number of hydrogen-bond acceptors (Lipinski definition) is 4. The molecule has 0 atom stereocenters. The van der Waals surface area contributed by atoms with Crippen molar-refractivity contribution in [1.82, 2.24) is 10.2 Å². The highest BCUT2D eigenvalue weighted by molar-refractivity contribution is 7.73. The summed E-state index contributed by atoms with van der Waals surface area (Å²) in [7, 11) is 0. The number of aromatic nitrogens is 2. The minimum Gasteiger partial charge on any atom is -0.355 e. The molecule has 1 aromatic heterocycles. The zero-order valence-electron chi connectivity index (χ0n) is 8.89. The van der Waals surface area contributed by atoms with Crippen LogP contribution in [0.5, 0.6) is 0 Å². The van der Waals surface area contributed by atoms with Gasteiger partial charge in [0.25, 0.3) is 0 Å². The molecule has 0 aliphatic heterocycles. The van der Waals surface area contributed by atoms with Gasteiger partial charge in [-0.2, -0.15) is 0 Å². The highest BCUT2D eigenvalue weighted by Crippen LogP contribution is 2.26. The van der Waals surface area contributed by atoms with Crippen molar-refractivity contribution in [2.75, 3.05) is 5.32 Å². The molecule has 3 nitrogen and oxygen atoms in total. The first-order valence-electron chi connectivity index (χ1n) is 4.99. The topological polar surface area (TPSA) is 40.7 Å². The molecule has 0 fully saturated rings. The Labute approximate surface area is 93.9 Å². The van der Waals surface area contributed by atoms with Gasteiger partial charge < -0.3 is 5.32 Å². The predicted octanol–water partition coefficient (Wildman–Crippen LogP) is 3.58. The van der Waals surface area contributed by atoms with Crippen LogP contribution in [0.3, 0.4) is 0 Å². The van der Waals surface area contributed by atoms with E-state index in [0.717, 1.165) is 28.3 Å². The van der Waals surface area contributed by atoms with Crippen LogP contribution in [0.2, 0.25) is 0 Å². The van der Waals surface area contributed by atoms with E-state index in [4.69, 9.17) is 12.2 Å². The lowest BCUT2D eigenvalue weighted by atomic mass is 9.90. The first-order chi connectivity index (χ1) is 6.65. The van der Waals surface area contributed by atoms with Gasteiger partial charge in [-0.3, -0.25) is 5.10 Å². The van der Waals surface area contributed by atoms with Gasteiger partial charge in [0.1, 0.15) is 0 Å². The van der Waals surface area contributed by atoms with Crippen LogP contribution in [0.1, 0.15) is 40.0 Å². The summed E-state index contributed by atoms with van der Waals surface area (Å²) in [4.78, 5) is 0. The molecule has 0 saturated heterocycles. The lowest BCUT2D eigenvalue weighted by molar-refractivity contribution is 0.420. The molecule has 14 heavy (non-hydrogen) atoms. The van der Waals surface area contributed by atoms with Crippen LogP contribution in [-0.2, 0) is 0 Å². The number of rotatable bonds is 5. The number of H-pyrrole nitrogens is 1. The van der Waals surface area contributed by atoms with Gasteiger partial charge in [0, 0.05) is 5.54 Å². The fraction of sp³-hybridized carbons (Fsp3) is 0.778. The van der Waals surface area contributed by atoms with Crippen LogP contribution < -0.4 is 5.32 Å². The highest BCUT2D eigenvalue weighted by atomic mass is 32.1. The molecule has 0 aliphatic rings. The summed E-state index contributed by atoms with van der Waals surface area (Å²) in [5.74, 6) is 0. The first kappa shape index (κ1) is 11.7. The fourth-order valence-corrected chi connectivity index (χ4v) is 2.43. The van der Waals surface area contributed by atoms with Gasteiger partial charge in [0.05, 0.1) is 0 Å². The maximum absolute atomic E-state index is 4.99. The smallest absolute Gasteiger partial charge is 0.204 e. The molecular formula is C9H17N3S2. The van der Waals surface area contributed by atoms with Crippen LogP contribution in [0.25, 0.3) is 0 Å². The number of hydrogen-bond donors (Lipinski definition) is 2. The van der Waals surface area contributed by atoms with Crippen molar-refractivity contribution in [2.24, 2.45) is 0 Å². The second-order valence-corrected chi connectivity index (χ2v) is 5.05. The van der Waals surface area contributed by atoms with Crippen molar-refractivity contribution in [3.05, 3.63) is 3.95 Å². The Bertz CT molecular complexity index is 317. The third kappa shape index (κ3) is 2.54. The molecule has 80 valence electrons. The summed E-state index contributed by atoms with van der Waals surface area (Å²) in [5.41, 5.74) is 0.174. The Morgan fingerprint density at radius 3 is 2.29 bits per heavy atom. The lowest BCUT2D eigenvalue weighted by Gasteiger charge is -2.31. The Morgan fingerprint density at radius 1 is 1.36 bits per heavy atom. The summed E-state index contributed by atoms with van der Waals surface area (Å²) in [6, 6.07) is 0. The van der Waals surface area contributed by atoms with Crippen molar-refractivity contribution < 1.29 is 0 Å². The van der Waals surface area contributed by atoms with Crippen LogP contribution >= 0.6 is 23.6 Å². The molecule has 5 heteroatoms. The molecule has 2 N–H and O–H groups in total. The highest BCUT2D eigenvalue weighted by Gasteiger charge is 2.24. The van der Waals surface area contributed by atoms with E-state index in [1.54, 1.807) is 0 Å². The largest absolute Gasteiger partial charge is 0.355 e. The monoisotopic (exact) mass is 231 g/mol. The van der Waals surface area contributed by atoms with Gasteiger partial charge in [-0.15, -0.1) is 5.10 Å². The van der Waals surface area contributed by atoms with Crippen molar-refractivity contribution in [1.29, 1.82) is 0 Å². The third-order valence-electron chi connectivity index (χ3n) is 2.84. The standard InChI is InChI=1S/C9H17N3S2/c1-4-9(5-2,6-3)10-7-11-12-8(13)14-7/h4-6H2,1-3H3,(H,10,11)(H,12,13). The fourth-order valence-electron chi connectivity index (χ4n) is 1.53. The zero-order valence-corrected chi connectivity index (χ0v) is 10.5. The summed E-state index contributed by atoms with van der Waals surface area (Å²) >= 11 is 6.49. The van der Waals surface area contributed by atoms with Crippen molar-refractivity contribution in [3.8, 4) is 0 Å². The predicted molar refractivity (Wildman–Crippen MR) is 64.5 cm³/mol. The Kier molecular flexibility index (Phi) is 4.07. The van der Waals surface area contributed by atoms with Crippen LogP contribution in [-0.4, -0.2) is 15.7 Å². The summed E-state index contributed by atoms with van der Waals surface area (Å²) < 4.78 is 0.727. The van der Waals surface area contributed by atoms with E-state index in [2.05, 4.69) is 36.3 Å². The average molecular weight is 231 g/mol. The second kappa shape index (κ2) is 4.89. The lowest BCUT2D eigenvalue weighted by Crippen LogP contribution is -2.36. The van der Waals surface area contributed by atoms with E-state index < -0.39 is 0 Å². The van der Waals surface area contributed by atoms with E-state index in [0.29, 0.717) is 0 Å². The second-order valence-electron chi connectivity index (χ2n) is 3.38. The molecule has 1 rings (SSSR count). The molecule has 0 spiro atoms. The average Bonchev–Trinajstić information content (AvgIpc) is 2.61. The Balaban J connectivity index is 2.78. The van der Waals surface area contributed by atoms with E-state index >= 15 is 0 Å². The van der Waals surface area contributed by atoms with Crippen molar-refractivity contribution in [3.63, 3.8) is 0 Å². The molecule has 0 amide bonds. The van der Waals surface area contributed by atoms with Gasteiger partial charge in [0.15, 0.2) is 3.95 Å². The Morgan fingerprint density at radius 2 is 1.93 bits per heavy atom. The first-order valence-corrected chi connectivity index (χ1v) is 6.22. The molecule has 0 aromatic carbocycles. The number of aromatic amines is 1. The molecule has 0 bridgehead atoms. The van der Waals surface area contributed by atoms with Gasteiger partial charge in [-0.1, -0.05) is 32.1 Å². The van der Waals surface area contributed by atoms with E-state index in [-0.39, 0.29) is 5.54 Å². The van der Waals surface area contributed by atoms with Crippen LogP contribution in [0.15, 0.2) is 0 Å². The number of anilines is 1. The summed E-state index contributed by atoms with van der Waals surface area (Å²) in [5, 5.41) is 11.3. The quantitative estimate of drug-likeness (QED) is 0.761. The Hall–Kier alpha value is -0.420. The van der Waals surface area contributed by atoms with Gasteiger partial charge in [-0.05, 0) is 31.5 Å². The normalized spacial score (nSPS) is 11.6. The third-order valence-corrected chi connectivity index (χ3v) is 3.85. The molecule has 0 unspecified atom stereocenters.